The monoisotopic (exact) mass is 1670 g/mol. The molecule has 110 heavy (non-hydrogen) atoms. The number of carbonyl (C=O) groups is 1. The van der Waals surface area contributed by atoms with Crippen molar-refractivity contribution in [3.05, 3.63) is 199 Å². The normalized spacial score (nSPS) is 14.4. The first-order chi connectivity index (χ1) is 53.4. The van der Waals surface area contributed by atoms with E-state index in [0.29, 0.717) is 98.1 Å². The maximum Gasteiger partial charge on any atom is 0.566 e. The molecule has 0 aliphatic carbocycles. The first-order valence-electron chi connectivity index (χ1n) is 39.1. The van der Waals surface area contributed by atoms with Gasteiger partial charge >= 0.3 is 51.0 Å². The van der Waals surface area contributed by atoms with Gasteiger partial charge in [-0.25, -0.2) is 0 Å². The lowest BCUT2D eigenvalue weighted by Gasteiger charge is -2.28. The second-order valence-corrected chi connectivity index (χ2v) is 44.5. The lowest BCUT2D eigenvalue weighted by Crippen LogP contribution is -2.56. The zero-order valence-corrected chi connectivity index (χ0v) is 75.2. The molecule has 28 heteroatoms. The average molecular weight is 1670 g/mol. The summed E-state index contributed by atoms with van der Waals surface area (Å²) < 4.78 is 109. The topological polar surface area (TPSA) is 192 Å². The number of rotatable bonds is 41. The molecule has 0 aromatic heterocycles. The lowest BCUT2D eigenvalue weighted by molar-refractivity contribution is -0.120. The Labute approximate surface area is 674 Å². The molecule has 20 nitrogen and oxygen atoms in total. The Morgan fingerprint density at radius 1 is 0.409 bits per heavy atom. The van der Waals surface area contributed by atoms with Crippen molar-refractivity contribution in [2.24, 2.45) is 0 Å². The standard InChI is InChI=1S/C18H30O4Si.C16H26O5Si.C15H24O4Si.C13H20O3Si.C11H16O3Si.C9H10Cl2OSi/c1-5-15-19-18-13-11-17(12-14-18)10-9-16-23(20-6-2,21-7-3)22-8-4;1-4-19-22(20-5-2,21-6-3)13-7-8-15-9-11-16(12-10-15)18-14-17;1-5-13-16-14-9-11-15(12-10-14)20(17-6-2,18-7-3)19-8-4;1-3-14-17(15-4-2)11-7-9-12-8-5-6-10-13(12)16-17;1-12-15(13-2)9-5-7-10-6-3-4-8-11(10)14-15;10-13(11)7-3-5-8-4-1-2-6-9(8)12-13/h5,11-14H,1,6-10,15-16H2,2-4H3;9-12,14H,4-8,13H2,1-3H3;5,9-12H,1,6-8,13H2,2-4H3;5-6,8,10H,3-4,7,9,11H2,1-2H3;3-4,6,8H,5,7,9H2,1-2H3;1-2,4,6H,3,5,7H2. The molecular formula is C82H126Cl2O20Si6. The third-order valence-electron chi connectivity index (χ3n) is 16.9. The van der Waals surface area contributed by atoms with E-state index in [9.17, 15) is 4.79 Å². The first-order valence-corrected chi connectivity index (χ1v) is 52.6. The lowest BCUT2D eigenvalue weighted by atomic mass is 10.1. The maximum atomic E-state index is 10.3. The molecule has 3 aliphatic heterocycles. The second kappa shape index (κ2) is 55.2. The van der Waals surface area contributed by atoms with Gasteiger partial charge in [0.1, 0.15) is 47.7 Å². The van der Waals surface area contributed by atoms with E-state index in [1.54, 1.807) is 38.5 Å². The van der Waals surface area contributed by atoms with Crippen molar-refractivity contribution in [3.8, 4) is 34.5 Å². The van der Waals surface area contributed by atoms with Crippen molar-refractivity contribution in [1.29, 1.82) is 0 Å². The summed E-state index contributed by atoms with van der Waals surface area (Å²) in [6, 6.07) is 51.9. The number of halogens is 2. The Morgan fingerprint density at radius 3 is 1.10 bits per heavy atom. The molecule has 612 valence electrons. The quantitative estimate of drug-likeness (QED) is 0.0152. The van der Waals surface area contributed by atoms with Gasteiger partial charge < -0.3 is 85.0 Å². The minimum Gasteiger partial charge on any atom is -0.518 e. The van der Waals surface area contributed by atoms with E-state index in [0.717, 1.165) is 128 Å². The fraction of sp³-hybridized carbons (Fsp3) is 0.500. The number of aryl methyl sites for hydroxylation is 5. The predicted molar refractivity (Wildman–Crippen MR) is 452 cm³/mol. The largest absolute Gasteiger partial charge is 0.566 e. The van der Waals surface area contributed by atoms with Crippen molar-refractivity contribution >= 4 is 84.8 Å². The van der Waals surface area contributed by atoms with Crippen molar-refractivity contribution in [2.45, 2.75) is 171 Å². The zero-order valence-electron chi connectivity index (χ0n) is 67.7. The molecule has 0 saturated carbocycles. The van der Waals surface area contributed by atoms with Gasteiger partial charge in [-0.2, -0.15) is 0 Å². The van der Waals surface area contributed by atoms with Gasteiger partial charge in [-0.3, -0.25) is 4.79 Å². The van der Waals surface area contributed by atoms with Gasteiger partial charge in [0.2, 0.25) is 0 Å². The van der Waals surface area contributed by atoms with Crippen LogP contribution >= 0.6 is 22.2 Å². The van der Waals surface area contributed by atoms with E-state index in [4.69, 9.17) is 107 Å². The van der Waals surface area contributed by atoms with Crippen LogP contribution in [0.25, 0.3) is 0 Å². The summed E-state index contributed by atoms with van der Waals surface area (Å²) in [6.45, 7) is 34.6. The fourth-order valence-electron chi connectivity index (χ4n) is 12.2. The third-order valence-corrected chi connectivity index (χ3v) is 35.0. The fourth-order valence-corrected chi connectivity index (χ4v) is 27.0. The summed E-state index contributed by atoms with van der Waals surface area (Å²) in [5, 5.41) is 0.953. The van der Waals surface area contributed by atoms with Gasteiger partial charge in [-0.15, -0.1) is 0 Å². The number of para-hydroxylation sites is 3. The molecule has 0 saturated heterocycles. The van der Waals surface area contributed by atoms with Crippen LogP contribution in [-0.2, 0) is 94.4 Å². The van der Waals surface area contributed by atoms with Crippen LogP contribution in [0.4, 0.5) is 0 Å². The number of hydrogen-bond acceptors (Lipinski definition) is 20. The highest BCUT2D eigenvalue weighted by Gasteiger charge is 2.47. The summed E-state index contributed by atoms with van der Waals surface area (Å²) in [6.07, 6.45) is 13.5. The van der Waals surface area contributed by atoms with Crippen molar-refractivity contribution < 1.29 is 89.8 Å². The number of ether oxygens (including phenoxy) is 3. The van der Waals surface area contributed by atoms with E-state index in [-0.39, 0.29) is 0 Å². The number of hydrogen-bond donors (Lipinski definition) is 0. The summed E-state index contributed by atoms with van der Waals surface area (Å²) in [5.74, 6) is 4.96. The van der Waals surface area contributed by atoms with Crippen LogP contribution in [0, 0.1) is 0 Å². The molecular weight excluding hydrogens is 1540 g/mol. The number of carbonyl (C=O) groups excluding carboxylic acids is 1. The molecule has 0 amide bonds. The van der Waals surface area contributed by atoms with E-state index >= 15 is 0 Å². The smallest absolute Gasteiger partial charge is 0.518 e. The Kier molecular flexibility index (Phi) is 48.7. The number of benzene rings is 6. The molecule has 0 radical (unpaired) electrons. The molecule has 6 aromatic rings. The van der Waals surface area contributed by atoms with Crippen molar-refractivity contribution in [2.75, 3.05) is 100 Å². The van der Waals surface area contributed by atoms with E-state index in [2.05, 4.69) is 49.6 Å². The van der Waals surface area contributed by atoms with Gasteiger partial charge in [0.15, 0.2) is 0 Å². The SMILES string of the molecule is C=CCOc1ccc(CCC[Si](OCC)(OCC)OCC)cc1.C=CCOc1ccc([Si](OCC)(OCC)OCC)cc1.CCO[Si](CCCc1ccc(OC=O)cc1)(OCC)OCC.CCO[Si]1(OCC)CCCc2ccccc2O1.CO[Si]1(OC)CCCc2ccccc2O1.Cl[Si]1(Cl)CCCc2ccccc2O1. The van der Waals surface area contributed by atoms with Gasteiger partial charge in [0.25, 0.3) is 6.47 Å². The number of fused-ring (bicyclic) bond motifs is 3. The van der Waals surface area contributed by atoms with E-state index < -0.39 is 51.0 Å². The van der Waals surface area contributed by atoms with Crippen molar-refractivity contribution in [1.82, 2.24) is 0 Å². The van der Waals surface area contributed by atoms with Gasteiger partial charge in [-0.05, 0) is 223 Å². The van der Waals surface area contributed by atoms with Crippen LogP contribution in [0.2, 0.25) is 30.2 Å². The Balaban J connectivity index is 0.000000281. The van der Waals surface area contributed by atoms with Gasteiger partial charge in [0, 0.05) is 122 Å². The average Bonchev–Trinajstić information content (AvgIpc) is 1.35. The first kappa shape index (κ1) is 97.0. The Bertz CT molecular complexity index is 3360. The molecule has 0 unspecified atom stereocenters. The molecule has 0 spiro atoms. The molecule has 9 rings (SSSR count). The van der Waals surface area contributed by atoms with Crippen LogP contribution < -0.4 is 32.7 Å². The molecule has 3 heterocycles. The van der Waals surface area contributed by atoms with Crippen molar-refractivity contribution in [3.63, 3.8) is 0 Å². The highest BCUT2D eigenvalue weighted by molar-refractivity contribution is 7.42. The minimum atomic E-state index is -2.80. The van der Waals surface area contributed by atoms with Crippen LogP contribution in [0.3, 0.4) is 0 Å². The highest BCUT2D eigenvalue weighted by atomic mass is 35.7. The Morgan fingerprint density at radius 2 is 0.745 bits per heavy atom. The maximum absolute atomic E-state index is 10.3. The second-order valence-electron chi connectivity index (χ2n) is 24.7. The molecule has 0 fully saturated rings. The third kappa shape index (κ3) is 34.8. The van der Waals surface area contributed by atoms with Crippen LogP contribution in [-0.4, -0.2) is 158 Å². The highest BCUT2D eigenvalue weighted by Crippen LogP contribution is 2.36. The summed E-state index contributed by atoms with van der Waals surface area (Å²) in [7, 11) is -9.44. The molecule has 3 aliphatic rings. The molecule has 6 aromatic carbocycles. The summed E-state index contributed by atoms with van der Waals surface area (Å²) in [4.78, 5) is 10.3. The predicted octanol–water partition coefficient (Wildman–Crippen LogP) is 18.6. The van der Waals surface area contributed by atoms with Gasteiger partial charge in [0.05, 0.1) is 0 Å². The minimum absolute atomic E-state index is 0.432. The van der Waals surface area contributed by atoms with E-state index in [1.165, 1.54) is 27.8 Å². The Hall–Kier alpha value is -5.37. The molecule has 0 atom stereocenters. The van der Waals surface area contributed by atoms with Crippen LogP contribution in [0.5, 0.6) is 34.5 Å². The van der Waals surface area contributed by atoms with E-state index in [1.807, 2.05) is 173 Å². The molecule has 0 bridgehead atoms. The zero-order chi connectivity index (χ0) is 80.3. The van der Waals surface area contributed by atoms with Gasteiger partial charge in [-0.1, -0.05) is 138 Å². The molecule has 0 N–H and O–H groups in total. The summed E-state index contributed by atoms with van der Waals surface area (Å²) in [5.41, 5.74) is 6.20. The van der Waals surface area contributed by atoms with Crippen LogP contribution in [0.1, 0.15) is 136 Å². The van der Waals surface area contributed by atoms with Crippen LogP contribution in [0.15, 0.2) is 171 Å². The summed E-state index contributed by atoms with van der Waals surface area (Å²) >= 11 is 12.2.